The molecule has 0 aromatic carbocycles. The molecule has 2 atom stereocenters. The SMILES string of the molecule is C=CCCCCCC/C=C\C[C@H](O)[C@H](C)N. The summed E-state index contributed by atoms with van der Waals surface area (Å²) in [4.78, 5) is 0. The number of rotatable bonds is 10. The zero-order valence-electron chi connectivity index (χ0n) is 10.6. The van der Waals surface area contributed by atoms with Crippen LogP contribution in [0.25, 0.3) is 0 Å². The molecule has 0 aliphatic heterocycles. The van der Waals surface area contributed by atoms with Crippen molar-refractivity contribution < 1.29 is 5.11 Å². The van der Waals surface area contributed by atoms with Gasteiger partial charge in [0, 0.05) is 6.04 Å². The van der Waals surface area contributed by atoms with Crippen molar-refractivity contribution in [3.63, 3.8) is 0 Å². The Morgan fingerprint density at radius 2 is 1.75 bits per heavy atom. The summed E-state index contributed by atoms with van der Waals surface area (Å²) in [6.07, 6.45) is 13.8. The molecule has 0 aliphatic rings. The molecule has 0 unspecified atom stereocenters. The van der Waals surface area contributed by atoms with E-state index in [1.165, 1.54) is 25.7 Å². The Morgan fingerprint density at radius 3 is 2.31 bits per heavy atom. The van der Waals surface area contributed by atoms with Crippen LogP contribution in [0.5, 0.6) is 0 Å². The van der Waals surface area contributed by atoms with Gasteiger partial charge in [-0.15, -0.1) is 6.58 Å². The van der Waals surface area contributed by atoms with Gasteiger partial charge in [-0.05, 0) is 39.0 Å². The Balaban J connectivity index is 3.24. The number of hydrogen-bond acceptors (Lipinski definition) is 2. The molecule has 0 bridgehead atoms. The van der Waals surface area contributed by atoms with Gasteiger partial charge in [0.2, 0.25) is 0 Å². The zero-order valence-corrected chi connectivity index (χ0v) is 10.6. The van der Waals surface area contributed by atoms with Gasteiger partial charge in [0.05, 0.1) is 6.10 Å². The highest BCUT2D eigenvalue weighted by molar-refractivity contribution is 4.86. The molecule has 0 aromatic rings. The summed E-state index contributed by atoms with van der Waals surface area (Å²) < 4.78 is 0. The number of unbranched alkanes of at least 4 members (excludes halogenated alkanes) is 5. The van der Waals surface area contributed by atoms with E-state index in [4.69, 9.17) is 5.73 Å². The van der Waals surface area contributed by atoms with Crippen molar-refractivity contribution in [2.75, 3.05) is 0 Å². The normalized spacial score (nSPS) is 15.2. The molecule has 0 aromatic heterocycles. The van der Waals surface area contributed by atoms with Crippen LogP contribution < -0.4 is 5.73 Å². The molecule has 0 rings (SSSR count). The van der Waals surface area contributed by atoms with Crippen LogP contribution in [0.3, 0.4) is 0 Å². The minimum atomic E-state index is -0.399. The standard InChI is InChI=1S/C14H27NO/c1-3-4-5-6-7-8-9-10-11-12-14(16)13(2)15/h3,10-11,13-14,16H,1,4-9,12,15H2,2H3/b11-10-/t13-,14-/m0/s1. The average molecular weight is 225 g/mol. The number of allylic oxidation sites excluding steroid dienone is 2. The molecule has 16 heavy (non-hydrogen) atoms. The van der Waals surface area contributed by atoms with Crippen LogP contribution in [0.4, 0.5) is 0 Å². The van der Waals surface area contributed by atoms with E-state index >= 15 is 0 Å². The van der Waals surface area contributed by atoms with Crippen molar-refractivity contribution in [1.82, 2.24) is 0 Å². The van der Waals surface area contributed by atoms with E-state index in [1.807, 2.05) is 19.1 Å². The van der Waals surface area contributed by atoms with E-state index in [1.54, 1.807) is 0 Å². The lowest BCUT2D eigenvalue weighted by atomic mass is 10.1. The predicted molar refractivity (Wildman–Crippen MR) is 71.3 cm³/mol. The van der Waals surface area contributed by atoms with Crippen LogP contribution in [-0.4, -0.2) is 17.3 Å². The molecule has 3 N–H and O–H groups in total. The highest BCUT2D eigenvalue weighted by atomic mass is 16.3. The van der Waals surface area contributed by atoms with Crippen molar-refractivity contribution in [3.05, 3.63) is 24.8 Å². The first-order chi connectivity index (χ1) is 7.68. The molecule has 0 saturated carbocycles. The van der Waals surface area contributed by atoms with E-state index in [0.717, 1.165) is 12.8 Å². The van der Waals surface area contributed by atoms with Gasteiger partial charge in [0.25, 0.3) is 0 Å². The second kappa shape index (κ2) is 10.9. The number of aliphatic hydroxyl groups is 1. The third-order valence-corrected chi connectivity index (χ3v) is 2.68. The van der Waals surface area contributed by atoms with Gasteiger partial charge in [-0.1, -0.05) is 31.1 Å². The first-order valence-electron chi connectivity index (χ1n) is 6.38. The van der Waals surface area contributed by atoms with Crippen LogP contribution in [0.15, 0.2) is 24.8 Å². The summed E-state index contributed by atoms with van der Waals surface area (Å²) in [5, 5.41) is 9.44. The van der Waals surface area contributed by atoms with Gasteiger partial charge in [-0.3, -0.25) is 0 Å². The Labute approximate surface area is 100 Å². The Bertz CT molecular complexity index is 187. The van der Waals surface area contributed by atoms with E-state index in [9.17, 15) is 5.11 Å². The maximum absolute atomic E-state index is 9.44. The molecule has 0 aliphatic carbocycles. The van der Waals surface area contributed by atoms with Gasteiger partial charge < -0.3 is 10.8 Å². The van der Waals surface area contributed by atoms with E-state index in [0.29, 0.717) is 6.42 Å². The van der Waals surface area contributed by atoms with E-state index < -0.39 is 6.10 Å². The lowest BCUT2D eigenvalue weighted by molar-refractivity contribution is 0.154. The zero-order chi connectivity index (χ0) is 12.2. The van der Waals surface area contributed by atoms with Crippen molar-refractivity contribution in [2.45, 2.75) is 64.0 Å². The second-order valence-corrected chi connectivity index (χ2v) is 4.41. The highest BCUT2D eigenvalue weighted by Crippen LogP contribution is 2.06. The number of nitrogens with two attached hydrogens (primary N) is 1. The highest BCUT2D eigenvalue weighted by Gasteiger charge is 2.05. The van der Waals surface area contributed by atoms with Gasteiger partial charge >= 0.3 is 0 Å². The number of aliphatic hydroxyl groups excluding tert-OH is 1. The molecular formula is C14H27NO. The van der Waals surface area contributed by atoms with Gasteiger partial charge in [0.15, 0.2) is 0 Å². The first-order valence-corrected chi connectivity index (χ1v) is 6.38. The van der Waals surface area contributed by atoms with Gasteiger partial charge in [-0.2, -0.15) is 0 Å². The summed E-state index contributed by atoms with van der Waals surface area (Å²) in [6.45, 7) is 5.54. The fourth-order valence-electron chi connectivity index (χ4n) is 1.47. The Morgan fingerprint density at radius 1 is 1.12 bits per heavy atom. The van der Waals surface area contributed by atoms with Crippen LogP contribution in [0.1, 0.15) is 51.9 Å². The molecular weight excluding hydrogens is 198 g/mol. The average Bonchev–Trinajstić information content (AvgIpc) is 2.26. The third-order valence-electron chi connectivity index (χ3n) is 2.68. The van der Waals surface area contributed by atoms with Crippen molar-refractivity contribution >= 4 is 0 Å². The molecule has 2 nitrogen and oxygen atoms in total. The fourth-order valence-corrected chi connectivity index (χ4v) is 1.47. The quantitative estimate of drug-likeness (QED) is 0.443. The fraction of sp³-hybridized carbons (Fsp3) is 0.714. The second-order valence-electron chi connectivity index (χ2n) is 4.41. The van der Waals surface area contributed by atoms with E-state index in [-0.39, 0.29) is 6.04 Å². The maximum Gasteiger partial charge on any atom is 0.0722 e. The summed E-state index contributed by atoms with van der Waals surface area (Å²) in [5.74, 6) is 0. The summed E-state index contributed by atoms with van der Waals surface area (Å²) in [7, 11) is 0. The van der Waals surface area contributed by atoms with Gasteiger partial charge in [-0.25, -0.2) is 0 Å². The summed E-state index contributed by atoms with van der Waals surface area (Å²) in [6, 6.07) is -0.136. The van der Waals surface area contributed by atoms with Crippen molar-refractivity contribution in [1.29, 1.82) is 0 Å². The maximum atomic E-state index is 9.44. The Kier molecular flexibility index (Phi) is 10.5. The van der Waals surface area contributed by atoms with Crippen molar-refractivity contribution in [3.8, 4) is 0 Å². The number of hydrogen-bond donors (Lipinski definition) is 2. The van der Waals surface area contributed by atoms with Crippen LogP contribution in [0.2, 0.25) is 0 Å². The molecule has 2 heteroatoms. The van der Waals surface area contributed by atoms with Crippen LogP contribution in [-0.2, 0) is 0 Å². The topological polar surface area (TPSA) is 46.2 Å². The molecule has 94 valence electrons. The summed E-state index contributed by atoms with van der Waals surface area (Å²) >= 11 is 0. The van der Waals surface area contributed by atoms with Crippen molar-refractivity contribution in [2.24, 2.45) is 5.73 Å². The molecule has 0 saturated heterocycles. The lowest BCUT2D eigenvalue weighted by Gasteiger charge is -2.11. The predicted octanol–water partition coefficient (Wildman–Crippen LogP) is 3.17. The third kappa shape index (κ3) is 9.94. The molecule has 0 heterocycles. The Hall–Kier alpha value is -0.600. The minimum Gasteiger partial charge on any atom is -0.391 e. The molecule has 0 radical (unpaired) electrons. The first kappa shape index (κ1) is 15.4. The molecule has 0 fully saturated rings. The lowest BCUT2D eigenvalue weighted by Crippen LogP contribution is -2.30. The largest absolute Gasteiger partial charge is 0.391 e. The minimum absolute atomic E-state index is 0.136. The van der Waals surface area contributed by atoms with Crippen LogP contribution in [0, 0.1) is 0 Å². The monoisotopic (exact) mass is 225 g/mol. The van der Waals surface area contributed by atoms with Gasteiger partial charge in [0.1, 0.15) is 0 Å². The molecule has 0 spiro atoms. The smallest absolute Gasteiger partial charge is 0.0722 e. The summed E-state index contributed by atoms with van der Waals surface area (Å²) in [5.41, 5.74) is 5.55. The van der Waals surface area contributed by atoms with E-state index in [2.05, 4.69) is 12.7 Å². The van der Waals surface area contributed by atoms with Crippen LogP contribution >= 0.6 is 0 Å². The molecule has 0 amide bonds.